The molecule has 0 radical (unpaired) electrons. The summed E-state index contributed by atoms with van der Waals surface area (Å²) in [5.74, 6) is 0. The Bertz CT molecular complexity index is 262. The predicted octanol–water partition coefficient (Wildman–Crippen LogP) is 1.72. The summed E-state index contributed by atoms with van der Waals surface area (Å²) in [6.45, 7) is 1.76. The van der Waals surface area contributed by atoms with Crippen LogP contribution in [0.25, 0.3) is 0 Å². The van der Waals surface area contributed by atoms with E-state index in [9.17, 15) is 5.11 Å². The van der Waals surface area contributed by atoms with E-state index in [0.29, 0.717) is 5.02 Å². The van der Waals surface area contributed by atoms with Crippen LogP contribution in [0.4, 0.5) is 0 Å². The first-order valence-corrected chi connectivity index (χ1v) is 4.18. The number of aliphatic hydroxyl groups excluding tert-OH is 1. The monoisotopic (exact) mass is 185 g/mol. The highest BCUT2D eigenvalue weighted by atomic mass is 35.5. The molecular weight excluding hydrogens is 174 g/mol. The Morgan fingerprint density at radius 2 is 2.17 bits per heavy atom. The maximum Gasteiger partial charge on any atom is 0.0938 e. The molecule has 0 saturated carbocycles. The molecule has 66 valence electrons. The quantitative estimate of drug-likeness (QED) is 0.737. The molecule has 1 aromatic rings. The Balaban J connectivity index is 2.88. The molecule has 0 aliphatic carbocycles. The van der Waals surface area contributed by atoms with Crippen LogP contribution in [-0.4, -0.2) is 11.1 Å². The summed E-state index contributed by atoms with van der Waals surface area (Å²) >= 11 is 5.74. The lowest BCUT2D eigenvalue weighted by Gasteiger charge is -2.14. The summed E-state index contributed by atoms with van der Waals surface area (Å²) in [5.41, 5.74) is 6.29. The molecule has 0 fully saturated rings. The van der Waals surface area contributed by atoms with Gasteiger partial charge in [-0.1, -0.05) is 23.7 Å². The van der Waals surface area contributed by atoms with Crippen LogP contribution < -0.4 is 5.73 Å². The summed E-state index contributed by atoms with van der Waals surface area (Å²) in [6.07, 6.45) is -0.635. The normalized spacial score (nSPS) is 15.7. The third-order valence-corrected chi connectivity index (χ3v) is 1.92. The van der Waals surface area contributed by atoms with Gasteiger partial charge in [-0.2, -0.15) is 0 Å². The number of hydrogen-bond acceptors (Lipinski definition) is 2. The van der Waals surface area contributed by atoms with Gasteiger partial charge in [0.15, 0.2) is 0 Å². The van der Waals surface area contributed by atoms with E-state index >= 15 is 0 Å². The molecule has 0 aromatic heterocycles. The zero-order chi connectivity index (χ0) is 9.14. The number of aliphatic hydroxyl groups is 1. The standard InChI is InChI=1S/C9H12ClNO/c1-6(11)9(12)7-3-2-4-8(10)5-7/h2-6,9,12H,11H2,1H3/t6-,9+/m1/s1. The number of benzene rings is 1. The summed E-state index contributed by atoms with van der Waals surface area (Å²) in [7, 11) is 0. The molecule has 2 nitrogen and oxygen atoms in total. The van der Waals surface area contributed by atoms with E-state index in [4.69, 9.17) is 17.3 Å². The van der Waals surface area contributed by atoms with Gasteiger partial charge in [0.25, 0.3) is 0 Å². The minimum absolute atomic E-state index is 0.275. The van der Waals surface area contributed by atoms with Gasteiger partial charge in [-0.25, -0.2) is 0 Å². The molecule has 1 aromatic carbocycles. The Morgan fingerprint density at radius 1 is 1.50 bits per heavy atom. The number of halogens is 1. The Labute approximate surface area is 77.0 Å². The highest BCUT2D eigenvalue weighted by Crippen LogP contribution is 2.19. The van der Waals surface area contributed by atoms with E-state index in [1.807, 2.05) is 0 Å². The first-order valence-electron chi connectivity index (χ1n) is 3.80. The molecule has 0 aliphatic rings. The molecule has 3 heteroatoms. The smallest absolute Gasteiger partial charge is 0.0938 e. The molecule has 1 rings (SSSR count). The van der Waals surface area contributed by atoms with Crippen LogP contribution in [0.15, 0.2) is 24.3 Å². The van der Waals surface area contributed by atoms with Gasteiger partial charge >= 0.3 is 0 Å². The molecule has 0 heterocycles. The van der Waals surface area contributed by atoms with E-state index in [2.05, 4.69) is 0 Å². The van der Waals surface area contributed by atoms with Gasteiger partial charge in [0.2, 0.25) is 0 Å². The predicted molar refractivity (Wildman–Crippen MR) is 50.1 cm³/mol. The van der Waals surface area contributed by atoms with Gasteiger partial charge in [0.05, 0.1) is 6.10 Å². The third kappa shape index (κ3) is 2.21. The lowest BCUT2D eigenvalue weighted by Crippen LogP contribution is -2.24. The van der Waals surface area contributed by atoms with Crippen LogP contribution in [0.5, 0.6) is 0 Å². The van der Waals surface area contributed by atoms with E-state index in [1.165, 1.54) is 0 Å². The maximum atomic E-state index is 9.54. The van der Waals surface area contributed by atoms with Crippen LogP contribution in [0.3, 0.4) is 0 Å². The van der Waals surface area contributed by atoms with Crippen LogP contribution in [0, 0.1) is 0 Å². The summed E-state index contributed by atoms with van der Waals surface area (Å²) in [6, 6.07) is 6.81. The van der Waals surface area contributed by atoms with E-state index in [0.717, 1.165) is 5.56 Å². The third-order valence-electron chi connectivity index (χ3n) is 1.69. The average Bonchev–Trinajstić information content (AvgIpc) is 2.03. The summed E-state index contributed by atoms with van der Waals surface area (Å²) < 4.78 is 0. The van der Waals surface area contributed by atoms with Gasteiger partial charge in [-0.3, -0.25) is 0 Å². The topological polar surface area (TPSA) is 46.2 Å². The molecule has 0 saturated heterocycles. The van der Waals surface area contributed by atoms with E-state index in [-0.39, 0.29) is 6.04 Å². The minimum atomic E-state index is -0.635. The van der Waals surface area contributed by atoms with Crippen LogP contribution in [0.2, 0.25) is 5.02 Å². The first-order chi connectivity index (χ1) is 5.61. The zero-order valence-corrected chi connectivity index (χ0v) is 7.62. The second kappa shape index (κ2) is 3.90. The Hall–Kier alpha value is -0.570. The molecule has 12 heavy (non-hydrogen) atoms. The maximum absolute atomic E-state index is 9.54. The van der Waals surface area contributed by atoms with Gasteiger partial charge in [0, 0.05) is 11.1 Å². The Kier molecular flexibility index (Phi) is 3.09. The van der Waals surface area contributed by atoms with Crippen molar-refractivity contribution in [3.8, 4) is 0 Å². The van der Waals surface area contributed by atoms with Crippen molar-refractivity contribution in [2.24, 2.45) is 5.73 Å². The van der Waals surface area contributed by atoms with E-state index in [1.54, 1.807) is 31.2 Å². The van der Waals surface area contributed by atoms with Gasteiger partial charge < -0.3 is 10.8 Å². The van der Waals surface area contributed by atoms with Crippen LogP contribution in [0.1, 0.15) is 18.6 Å². The van der Waals surface area contributed by atoms with Crippen molar-refractivity contribution >= 4 is 11.6 Å². The molecule has 3 N–H and O–H groups in total. The molecule has 0 spiro atoms. The summed E-state index contributed by atoms with van der Waals surface area (Å²) in [5, 5.41) is 10.2. The van der Waals surface area contributed by atoms with Crippen molar-refractivity contribution in [2.75, 3.05) is 0 Å². The Morgan fingerprint density at radius 3 is 2.67 bits per heavy atom. The number of hydrogen-bond donors (Lipinski definition) is 2. The van der Waals surface area contributed by atoms with Crippen LogP contribution >= 0.6 is 11.6 Å². The second-order valence-electron chi connectivity index (χ2n) is 2.86. The molecular formula is C9H12ClNO. The van der Waals surface area contributed by atoms with Crippen LogP contribution in [-0.2, 0) is 0 Å². The zero-order valence-electron chi connectivity index (χ0n) is 6.87. The number of rotatable bonds is 2. The van der Waals surface area contributed by atoms with Crippen molar-refractivity contribution in [3.05, 3.63) is 34.9 Å². The highest BCUT2D eigenvalue weighted by Gasteiger charge is 2.11. The fraction of sp³-hybridized carbons (Fsp3) is 0.333. The second-order valence-corrected chi connectivity index (χ2v) is 3.30. The van der Waals surface area contributed by atoms with Gasteiger partial charge in [-0.15, -0.1) is 0 Å². The molecule has 0 aliphatic heterocycles. The largest absolute Gasteiger partial charge is 0.387 e. The van der Waals surface area contributed by atoms with Gasteiger partial charge in [-0.05, 0) is 24.6 Å². The van der Waals surface area contributed by atoms with E-state index < -0.39 is 6.10 Å². The molecule has 0 amide bonds. The molecule has 2 atom stereocenters. The highest BCUT2D eigenvalue weighted by molar-refractivity contribution is 6.30. The first kappa shape index (κ1) is 9.52. The fourth-order valence-corrected chi connectivity index (χ4v) is 1.19. The minimum Gasteiger partial charge on any atom is -0.387 e. The SMILES string of the molecule is C[C@@H](N)[C@H](O)c1cccc(Cl)c1. The average molecular weight is 186 g/mol. The summed E-state index contributed by atoms with van der Waals surface area (Å²) in [4.78, 5) is 0. The number of nitrogens with two attached hydrogens (primary N) is 1. The van der Waals surface area contributed by atoms with Gasteiger partial charge in [0.1, 0.15) is 0 Å². The lowest BCUT2D eigenvalue weighted by atomic mass is 10.0. The van der Waals surface area contributed by atoms with Crippen molar-refractivity contribution in [3.63, 3.8) is 0 Å². The molecule has 0 bridgehead atoms. The van der Waals surface area contributed by atoms with Crippen molar-refractivity contribution in [2.45, 2.75) is 19.1 Å². The van der Waals surface area contributed by atoms with Crippen molar-refractivity contribution in [1.82, 2.24) is 0 Å². The fourth-order valence-electron chi connectivity index (χ4n) is 0.994. The molecule has 0 unspecified atom stereocenters. The lowest BCUT2D eigenvalue weighted by molar-refractivity contribution is 0.153. The van der Waals surface area contributed by atoms with Crippen molar-refractivity contribution < 1.29 is 5.11 Å². The van der Waals surface area contributed by atoms with Crippen molar-refractivity contribution in [1.29, 1.82) is 0 Å².